The van der Waals surface area contributed by atoms with Crippen LogP contribution in [0, 0.1) is 6.92 Å². The summed E-state index contributed by atoms with van der Waals surface area (Å²) in [7, 11) is 0. The molecule has 1 heterocycles. The third-order valence-electron chi connectivity index (χ3n) is 3.45. The largest absolute Gasteiger partial charge is 0.370 e. The summed E-state index contributed by atoms with van der Waals surface area (Å²) < 4.78 is 5.08. The van der Waals surface area contributed by atoms with E-state index in [-0.39, 0.29) is 0 Å². The second kappa shape index (κ2) is 5.36. The average Bonchev–Trinajstić information content (AvgIpc) is 3.04. The Labute approximate surface area is 117 Å². The topological polar surface area (TPSA) is 76.4 Å². The van der Waals surface area contributed by atoms with E-state index in [1.807, 2.05) is 19.1 Å². The summed E-state index contributed by atoms with van der Waals surface area (Å²) in [6.45, 7) is 2.27. The number of rotatable bonds is 3. The Bertz CT molecular complexity index is 645. The summed E-state index contributed by atoms with van der Waals surface area (Å²) in [6.07, 6.45) is 3.58. The minimum absolute atomic E-state index is 0.386. The van der Waals surface area contributed by atoms with Crippen molar-refractivity contribution in [2.24, 2.45) is 10.7 Å². The van der Waals surface area contributed by atoms with Crippen molar-refractivity contribution in [2.45, 2.75) is 32.7 Å². The molecule has 0 saturated carbocycles. The van der Waals surface area contributed by atoms with Crippen molar-refractivity contribution < 1.29 is 4.52 Å². The van der Waals surface area contributed by atoms with Gasteiger partial charge in [0.05, 0.1) is 5.69 Å². The summed E-state index contributed by atoms with van der Waals surface area (Å²) in [4.78, 5) is 4.25. The highest BCUT2D eigenvalue weighted by atomic mass is 16.5. The summed E-state index contributed by atoms with van der Waals surface area (Å²) in [5.74, 6) is 1.10. The number of hydrogen-bond donors (Lipinski definition) is 2. The van der Waals surface area contributed by atoms with Crippen molar-refractivity contribution in [2.75, 3.05) is 5.32 Å². The monoisotopic (exact) mass is 270 g/mol. The van der Waals surface area contributed by atoms with Crippen LogP contribution < -0.4 is 11.1 Å². The first kappa shape index (κ1) is 12.7. The molecule has 3 N–H and O–H groups in total. The number of aliphatic imine (C=N–C) groups is 1. The fourth-order valence-electron chi connectivity index (χ4n) is 2.49. The smallest absolute Gasteiger partial charge is 0.193 e. The summed E-state index contributed by atoms with van der Waals surface area (Å²) in [5, 5.41) is 6.93. The molecular weight excluding hydrogens is 252 g/mol. The Morgan fingerprint density at radius 3 is 3.00 bits per heavy atom. The van der Waals surface area contributed by atoms with E-state index in [1.165, 1.54) is 24.0 Å². The van der Waals surface area contributed by atoms with Gasteiger partial charge in [0.15, 0.2) is 11.7 Å². The van der Waals surface area contributed by atoms with Gasteiger partial charge >= 0.3 is 0 Å². The molecule has 0 amide bonds. The van der Waals surface area contributed by atoms with Gasteiger partial charge in [0.2, 0.25) is 0 Å². The lowest BCUT2D eigenvalue weighted by molar-refractivity contribution is 0.381. The van der Waals surface area contributed by atoms with Crippen LogP contribution in [0.1, 0.15) is 29.0 Å². The molecule has 1 aliphatic rings. The van der Waals surface area contributed by atoms with E-state index in [2.05, 4.69) is 27.6 Å². The molecule has 2 aromatic rings. The van der Waals surface area contributed by atoms with Gasteiger partial charge < -0.3 is 15.6 Å². The minimum atomic E-state index is 0.386. The van der Waals surface area contributed by atoms with Crippen molar-refractivity contribution in [3.63, 3.8) is 0 Å². The van der Waals surface area contributed by atoms with Crippen molar-refractivity contribution >= 4 is 11.6 Å². The average molecular weight is 270 g/mol. The highest BCUT2D eigenvalue weighted by Gasteiger charge is 2.10. The van der Waals surface area contributed by atoms with Crippen LogP contribution in [0.5, 0.6) is 0 Å². The third kappa shape index (κ3) is 2.82. The molecule has 0 spiro atoms. The summed E-state index contributed by atoms with van der Waals surface area (Å²) >= 11 is 0. The molecule has 5 nitrogen and oxygen atoms in total. The van der Waals surface area contributed by atoms with Gasteiger partial charge in [-0.2, -0.15) is 0 Å². The lowest BCUT2D eigenvalue weighted by Gasteiger charge is -2.07. The third-order valence-corrected chi connectivity index (χ3v) is 3.45. The van der Waals surface area contributed by atoms with E-state index >= 15 is 0 Å². The predicted octanol–water partition coefficient (Wildman–Crippen LogP) is 2.40. The Hall–Kier alpha value is -2.30. The van der Waals surface area contributed by atoms with Crippen LogP contribution in [-0.2, 0) is 19.4 Å². The first-order chi connectivity index (χ1) is 9.70. The fourth-order valence-corrected chi connectivity index (χ4v) is 2.49. The van der Waals surface area contributed by atoms with Gasteiger partial charge in [0, 0.05) is 11.8 Å². The van der Waals surface area contributed by atoms with Crippen LogP contribution in [0.3, 0.4) is 0 Å². The van der Waals surface area contributed by atoms with Crippen LogP contribution >= 0.6 is 0 Å². The summed E-state index contributed by atoms with van der Waals surface area (Å²) in [6, 6.07) is 8.22. The molecule has 0 saturated heterocycles. The second-order valence-electron chi connectivity index (χ2n) is 5.10. The van der Waals surface area contributed by atoms with Gasteiger partial charge in [-0.05, 0) is 49.4 Å². The molecule has 0 aliphatic heterocycles. The highest BCUT2D eigenvalue weighted by molar-refractivity contribution is 5.92. The molecule has 0 fully saturated rings. The maximum atomic E-state index is 5.88. The normalized spacial score (nSPS) is 14.3. The second-order valence-corrected chi connectivity index (χ2v) is 5.10. The van der Waals surface area contributed by atoms with Crippen molar-refractivity contribution in [1.29, 1.82) is 0 Å². The van der Waals surface area contributed by atoms with Crippen LogP contribution in [0.4, 0.5) is 5.69 Å². The Morgan fingerprint density at radius 1 is 1.35 bits per heavy atom. The molecule has 20 heavy (non-hydrogen) atoms. The zero-order chi connectivity index (χ0) is 13.9. The van der Waals surface area contributed by atoms with Crippen molar-refractivity contribution in [1.82, 2.24) is 5.16 Å². The Balaban J connectivity index is 1.64. The molecule has 0 bridgehead atoms. The first-order valence-electron chi connectivity index (χ1n) is 6.81. The van der Waals surface area contributed by atoms with E-state index in [9.17, 15) is 0 Å². The van der Waals surface area contributed by atoms with Crippen molar-refractivity contribution in [3.8, 4) is 0 Å². The standard InChI is InChI=1S/C15H18N4O/c1-10-7-14(20-19-10)9-17-15(16)18-13-6-5-11-3-2-4-12(11)8-13/h5-8H,2-4,9H2,1H3,(H3,16,17,18). The van der Waals surface area contributed by atoms with Gasteiger partial charge in [0.1, 0.15) is 6.54 Å². The zero-order valence-corrected chi connectivity index (χ0v) is 11.5. The lowest BCUT2D eigenvalue weighted by atomic mass is 10.1. The molecule has 0 radical (unpaired) electrons. The van der Waals surface area contributed by atoms with Gasteiger partial charge in [0.25, 0.3) is 0 Å². The summed E-state index contributed by atoms with van der Waals surface area (Å²) in [5.41, 5.74) is 10.6. The van der Waals surface area contributed by atoms with Crippen LogP contribution in [-0.4, -0.2) is 11.1 Å². The molecule has 1 aromatic heterocycles. The van der Waals surface area contributed by atoms with Crippen molar-refractivity contribution in [3.05, 3.63) is 46.8 Å². The van der Waals surface area contributed by atoms with Crippen LogP contribution in [0.15, 0.2) is 33.8 Å². The quantitative estimate of drug-likeness (QED) is 0.663. The highest BCUT2D eigenvalue weighted by Crippen LogP contribution is 2.24. The predicted molar refractivity (Wildman–Crippen MR) is 78.7 cm³/mol. The van der Waals surface area contributed by atoms with E-state index in [1.54, 1.807) is 0 Å². The van der Waals surface area contributed by atoms with E-state index in [0.717, 1.165) is 17.8 Å². The van der Waals surface area contributed by atoms with E-state index < -0.39 is 0 Å². The van der Waals surface area contributed by atoms with Gasteiger partial charge in [-0.25, -0.2) is 4.99 Å². The molecule has 0 atom stereocenters. The van der Waals surface area contributed by atoms with Crippen LogP contribution in [0.2, 0.25) is 0 Å². The minimum Gasteiger partial charge on any atom is -0.370 e. The fraction of sp³-hybridized carbons (Fsp3) is 0.333. The number of nitrogens with two attached hydrogens (primary N) is 1. The molecule has 1 aliphatic carbocycles. The molecule has 0 unspecified atom stereocenters. The number of aromatic nitrogens is 1. The number of fused-ring (bicyclic) bond motifs is 1. The molecule has 104 valence electrons. The number of benzene rings is 1. The maximum absolute atomic E-state index is 5.88. The number of anilines is 1. The zero-order valence-electron chi connectivity index (χ0n) is 11.5. The number of hydrogen-bond acceptors (Lipinski definition) is 3. The van der Waals surface area contributed by atoms with Gasteiger partial charge in [-0.3, -0.25) is 0 Å². The first-order valence-corrected chi connectivity index (χ1v) is 6.81. The number of guanidine groups is 1. The van der Waals surface area contributed by atoms with E-state index in [4.69, 9.17) is 10.3 Å². The molecule has 1 aromatic carbocycles. The van der Waals surface area contributed by atoms with Gasteiger partial charge in [-0.1, -0.05) is 11.2 Å². The number of nitrogens with zero attached hydrogens (tertiary/aromatic N) is 2. The SMILES string of the molecule is Cc1cc(CN=C(N)Nc2ccc3c(c2)CCC3)on1. The van der Waals surface area contributed by atoms with E-state index in [0.29, 0.717) is 18.3 Å². The molecule has 3 rings (SSSR count). The lowest BCUT2D eigenvalue weighted by Crippen LogP contribution is -2.22. The maximum Gasteiger partial charge on any atom is 0.193 e. The van der Waals surface area contributed by atoms with Crippen LogP contribution in [0.25, 0.3) is 0 Å². The number of aryl methyl sites for hydroxylation is 3. The number of nitrogens with one attached hydrogen (secondary N) is 1. The van der Waals surface area contributed by atoms with Gasteiger partial charge in [-0.15, -0.1) is 0 Å². The Morgan fingerprint density at radius 2 is 2.20 bits per heavy atom. The molecule has 5 heteroatoms. The molecular formula is C15H18N4O. The Kier molecular flexibility index (Phi) is 3.41.